The Bertz CT molecular complexity index is 3110. The molecule has 3 aromatic carbocycles. The lowest BCUT2D eigenvalue weighted by Gasteiger charge is -2.45. The van der Waals surface area contributed by atoms with E-state index >= 15 is 0 Å². The number of aryl methyl sites for hydroxylation is 3. The highest BCUT2D eigenvalue weighted by atomic mass is 35.5. The van der Waals surface area contributed by atoms with Crippen molar-refractivity contribution < 1.29 is 38.0 Å². The Kier molecular flexibility index (Phi) is 26.2. The van der Waals surface area contributed by atoms with Crippen LogP contribution >= 0.6 is 24.8 Å². The van der Waals surface area contributed by atoms with Crippen LogP contribution in [0.15, 0.2) is 50.0 Å². The lowest BCUT2D eigenvalue weighted by molar-refractivity contribution is -0.00152. The molecule has 3 saturated heterocycles. The number of fused-ring (bicyclic) bond motifs is 3. The third-order valence-corrected chi connectivity index (χ3v) is 22.1. The summed E-state index contributed by atoms with van der Waals surface area (Å²) in [6.45, 7) is 14.7. The topological polar surface area (TPSA) is 174 Å². The Morgan fingerprint density at radius 3 is 1.02 bits per heavy atom. The van der Waals surface area contributed by atoms with E-state index in [0.29, 0.717) is 13.2 Å². The highest BCUT2D eigenvalue weighted by molar-refractivity contribution is 5.87. The fourth-order valence-electron chi connectivity index (χ4n) is 15.2. The molecule has 14 rings (SSSR count). The number of aliphatic hydroxyl groups is 2. The number of piperidine rings is 3. The summed E-state index contributed by atoms with van der Waals surface area (Å²) in [6, 6.07) is 12.8. The van der Waals surface area contributed by atoms with Crippen LogP contribution in [0.1, 0.15) is 169 Å². The van der Waals surface area contributed by atoms with E-state index in [9.17, 15) is 10.2 Å². The van der Waals surface area contributed by atoms with Crippen molar-refractivity contribution in [1.29, 1.82) is 0 Å². The summed E-state index contributed by atoms with van der Waals surface area (Å²) >= 11 is 0. The summed E-state index contributed by atoms with van der Waals surface area (Å²) in [6.07, 6.45) is 29.2. The molecule has 5 saturated carbocycles. The number of benzene rings is 3. The number of halogens is 2. The van der Waals surface area contributed by atoms with Crippen LogP contribution in [0.2, 0.25) is 0 Å². The fraction of sp³-hybridized carbons (Fsp3) is 0.720. The first kappa shape index (κ1) is 72.5. The van der Waals surface area contributed by atoms with Crippen LogP contribution in [-0.4, -0.2) is 178 Å². The first-order valence-electron chi connectivity index (χ1n) is 36.2. The van der Waals surface area contributed by atoms with Gasteiger partial charge in [-0.15, -0.1) is 24.8 Å². The van der Waals surface area contributed by atoms with Crippen LogP contribution in [0.5, 0.6) is 17.2 Å². The van der Waals surface area contributed by atoms with E-state index in [4.69, 9.17) is 27.8 Å². The Morgan fingerprint density at radius 2 is 0.755 bits per heavy atom. The summed E-state index contributed by atoms with van der Waals surface area (Å²) < 4.78 is 36.1. The number of hydrogen-bond acceptors (Lipinski definition) is 17. The Hall–Kier alpha value is -4.27. The quantitative estimate of drug-likeness (QED) is 0.0388. The molecule has 6 aromatic rings. The van der Waals surface area contributed by atoms with Gasteiger partial charge in [-0.25, -0.2) is 0 Å². The van der Waals surface area contributed by atoms with Gasteiger partial charge in [-0.1, -0.05) is 28.3 Å². The summed E-state index contributed by atoms with van der Waals surface area (Å²) in [5.41, 5.74) is 9.79. The average molecular weight is 1340 g/mol. The SMILES string of the molecule is CN(C)Cc1c(OCC2CC2)ccc2c(CCC3CCN(CC4(CO)CCC4)CC3)noc12.CN(C)Cc1c(OCC2CC2)ccc2c(CCC3CCN(CC4(CO)CCC4)CC3)noc12.CN(C)Cc1c(OCC2CC2)ccc2c(CCC3CCNCC3)noc12.Cl.Cl. The van der Waals surface area contributed by atoms with Crippen molar-refractivity contribution in [1.82, 2.24) is 45.3 Å². The van der Waals surface area contributed by atoms with Gasteiger partial charge in [0.05, 0.1) is 53.6 Å². The minimum absolute atomic E-state index is 0. The van der Waals surface area contributed by atoms with Crippen LogP contribution in [0.3, 0.4) is 0 Å². The molecule has 0 atom stereocenters. The van der Waals surface area contributed by atoms with Gasteiger partial charge in [-0.3, -0.25) is 0 Å². The zero-order chi connectivity index (χ0) is 63.6. The van der Waals surface area contributed by atoms with Gasteiger partial charge in [0.2, 0.25) is 0 Å². The van der Waals surface area contributed by atoms with E-state index in [1.165, 1.54) is 161 Å². The maximum atomic E-state index is 9.78. The maximum Gasteiger partial charge on any atom is 0.175 e. The van der Waals surface area contributed by atoms with Gasteiger partial charge >= 0.3 is 0 Å². The van der Waals surface area contributed by atoms with Crippen molar-refractivity contribution in [2.75, 3.05) is 128 Å². The zero-order valence-electron chi connectivity index (χ0n) is 58.0. The molecule has 94 heavy (non-hydrogen) atoms. The molecule has 17 nitrogen and oxygen atoms in total. The van der Waals surface area contributed by atoms with E-state index < -0.39 is 0 Å². The molecule has 0 bridgehead atoms. The number of hydrogen-bond donors (Lipinski definition) is 3. The van der Waals surface area contributed by atoms with Gasteiger partial charge < -0.3 is 67.8 Å². The number of ether oxygens (including phenoxy) is 3. The van der Waals surface area contributed by atoms with E-state index in [-0.39, 0.29) is 35.6 Å². The van der Waals surface area contributed by atoms with E-state index in [2.05, 4.69) is 124 Å². The molecule has 0 radical (unpaired) electrons. The minimum Gasteiger partial charge on any atom is -0.493 e. The van der Waals surface area contributed by atoms with Crippen LogP contribution in [-0.2, 0) is 38.9 Å². The van der Waals surface area contributed by atoms with Crippen LogP contribution < -0.4 is 19.5 Å². The maximum absolute atomic E-state index is 9.78. The second kappa shape index (κ2) is 34.0. The smallest absolute Gasteiger partial charge is 0.175 e. The molecule has 8 fully saturated rings. The van der Waals surface area contributed by atoms with Crippen molar-refractivity contribution in [2.24, 2.45) is 46.3 Å². The minimum atomic E-state index is 0. The summed E-state index contributed by atoms with van der Waals surface area (Å²) in [5.74, 6) is 7.37. The predicted molar refractivity (Wildman–Crippen MR) is 379 cm³/mol. The molecule has 19 heteroatoms. The predicted octanol–water partition coefficient (Wildman–Crippen LogP) is 13.4. The van der Waals surface area contributed by atoms with Crippen molar-refractivity contribution in [3.63, 3.8) is 0 Å². The summed E-state index contributed by atoms with van der Waals surface area (Å²) in [5, 5.41) is 39.9. The molecule has 8 aliphatic rings. The average Bonchev–Trinajstić information content (AvgIpc) is 1.42. The van der Waals surface area contributed by atoms with Gasteiger partial charge in [-0.05, 0) is 295 Å². The molecule has 3 N–H and O–H groups in total. The van der Waals surface area contributed by atoms with Crippen molar-refractivity contribution in [3.05, 3.63) is 70.2 Å². The summed E-state index contributed by atoms with van der Waals surface area (Å²) in [7, 11) is 12.5. The number of rotatable bonds is 30. The number of likely N-dealkylation sites (tertiary alicyclic amines) is 2. The number of aromatic nitrogens is 3. The van der Waals surface area contributed by atoms with Gasteiger partial charge in [0.15, 0.2) is 16.7 Å². The second-order valence-corrected chi connectivity index (χ2v) is 30.9. The third-order valence-electron chi connectivity index (χ3n) is 22.1. The Balaban J connectivity index is 0.000000154. The summed E-state index contributed by atoms with van der Waals surface area (Å²) in [4.78, 5) is 11.7. The zero-order valence-corrected chi connectivity index (χ0v) is 59.6. The van der Waals surface area contributed by atoms with E-state index in [1.807, 2.05) is 0 Å². The normalized spacial score (nSPS) is 20.3. The molecule has 3 aromatic heterocycles. The Morgan fingerprint density at radius 1 is 0.447 bits per heavy atom. The van der Waals surface area contributed by atoms with Gasteiger partial charge in [-0.2, -0.15) is 0 Å². The third kappa shape index (κ3) is 19.3. The first-order valence-corrected chi connectivity index (χ1v) is 36.2. The molecule has 0 unspecified atom stereocenters. The second-order valence-electron chi connectivity index (χ2n) is 30.9. The van der Waals surface area contributed by atoms with Gasteiger partial charge in [0.1, 0.15) is 17.2 Å². The molecule has 5 aliphatic carbocycles. The van der Waals surface area contributed by atoms with Crippen molar-refractivity contribution in [3.8, 4) is 17.2 Å². The monoisotopic (exact) mass is 1340 g/mol. The fourth-order valence-corrected chi connectivity index (χ4v) is 15.2. The lowest BCUT2D eigenvalue weighted by Crippen LogP contribution is -2.47. The highest BCUT2D eigenvalue weighted by Crippen LogP contribution is 2.44. The molecule has 6 heterocycles. The van der Waals surface area contributed by atoms with Gasteiger partial charge in [0, 0.05) is 72.9 Å². The lowest BCUT2D eigenvalue weighted by atomic mass is 9.69. The standard InChI is InChI=1S/2C27H41N3O3.C21H31N3O2.2ClH/c2*1-29(2)16-23-25(32-17-21-4-5-21)9-7-22-24(28-33-26(22)23)8-6-20-10-14-30(15-11-20)18-27(19-31)12-3-13-27;1-24(2)13-18-20(25-14-16-3-4-16)8-6-17-19(23-26-21(17)18)7-5-15-9-11-22-12-10-15;;/h2*7,9,20-21,31H,3-6,8,10-19H2,1-2H3;6,8,15-16,22H,3-5,7,9-14H2,1-2H3;2*1H. The van der Waals surface area contributed by atoms with Crippen LogP contribution in [0, 0.1) is 46.3 Å². The molecular weight excluding hydrogens is 1230 g/mol. The van der Waals surface area contributed by atoms with Crippen molar-refractivity contribution >= 4 is 57.7 Å². The van der Waals surface area contributed by atoms with E-state index in [0.717, 1.165) is 204 Å². The highest BCUT2D eigenvalue weighted by Gasteiger charge is 2.40. The molecule has 3 aliphatic heterocycles. The molecule has 0 spiro atoms. The Labute approximate surface area is 573 Å². The van der Waals surface area contributed by atoms with E-state index in [1.54, 1.807) is 0 Å². The largest absolute Gasteiger partial charge is 0.493 e. The van der Waals surface area contributed by atoms with Crippen LogP contribution in [0.4, 0.5) is 0 Å². The molecule has 0 amide bonds. The number of nitrogens with zero attached hydrogens (tertiary/aromatic N) is 8. The van der Waals surface area contributed by atoms with Crippen molar-refractivity contribution in [2.45, 2.75) is 174 Å². The number of aliphatic hydroxyl groups excluding tert-OH is 2. The molecular formula is C75H115Cl2N9O8. The first-order chi connectivity index (χ1) is 44.8. The number of nitrogens with one attached hydrogen (secondary N) is 1. The van der Waals surface area contributed by atoms with Gasteiger partial charge in [0.25, 0.3) is 0 Å². The van der Waals surface area contributed by atoms with Crippen LogP contribution in [0.25, 0.3) is 32.9 Å². The molecule has 522 valence electrons.